The summed E-state index contributed by atoms with van der Waals surface area (Å²) in [6.07, 6.45) is 2.57. The van der Waals surface area contributed by atoms with Gasteiger partial charge in [-0.25, -0.2) is 4.79 Å². The zero-order valence-corrected chi connectivity index (χ0v) is 9.70. The molecule has 0 bridgehead atoms. The van der Waals surface area contributed by atoms with E-state index in [2.05, 4.69) is 11.8 Å². The summed E-state index contributed by atoms with van der Waals surface area (Å²) in [6.45, 7) is 7.54. The number of likely N-dealkylation sites (tertiary alicyclic amines) is 1. The Kier molecular flexibility index (Phi) is 5.47. The molecule has 4 nitrogen and oxygen atoms in total. The lowest BCUT2D eigenvalue weighted by Crippen LogP contribution is -2.38. The highest BCUT2D eigenvalue weighted by Crippen LogP contribution is 2.14. The van der Waals surface area contributed by atoms with Crippen molar-refractivity contribution in [3.05, 3.63) is 0 Å². The van der Waals surface area contributed by atoms with Crippen molar-refractivity contribution < 1.29 is 14.3 Å². The molecule has 0 aromatic carbocycles. The third-order valence-electron chi connectivity index (χ3n) is 2.60. The number of ether oxygens (including phenoxy) is 2. The number of piperidine rings is 1. The molecule has 1 heterocycles. The number of carbonyl (C=O) groups is 1. The van der Waals surface area contributed by atoms with Gasteiger partial charge in [0.1, 0.15) is 6.10 Å². The maximum Gasteiger partial charge on any atom is 0.508 e. The van der Waals surface area contributed by atoms with Gasteiger partial charge in [-0.2, -0.15) is 0 Å². The molecule has 0 aliphatic carbocycles. The van der Waals surface area contributed by atoms with E-state index in [1.807, 2.05) is 0 Å². The highest BCUT2D eigenvalue weighted by molar-refractivity contribution is 5.60. The molecule has 0 saturated carbocycles. The molecule has 1 rings (SSSR count). The molecule has 0 atom stereocenters. The Balaban J connectivity index is 2.16. The van der Waals surface area contributed by atoms with Gasteiger partial charge >= 0.3 is 6.16 Å². The Labute approximate surface area is 91.5 Å². The fourth-order valence-electron chi connectivity index (χ4n) is 1.85. The second-order valence-electron chi connectivity index (χ2n) is 3.84. The predicted molar refractivity (Wildman–Crippen MR) is 57.9 cm³/mol. The second kappa shape index (κ2) is 6.67. The summed E-state index contributed by atoms with van der Waals surface area (Å²) in [5.41, 5.74) is 0. The van der Waals surface area contributed by atoms with Crippen LogP contribution in [-0.4, -0.2) is 43.4 Å². The summed E-state index contributed by atoms with van der Waals surface area (Å²) in [5, 5.41) is 0. The molecule has 0 N–H and O–H groups in total. The van der Waals surface area contributed by atoms with E-state index in [9.17, 15) is 4.79 Å². The van der Waals surface area contributed by atoms with E-state index in [4.69, 9.17) is 9.47 Å². The summed E-state index contributed by atoms with van der Waals surface area (Å²) in [5.74, 6) is 0. The molecule has 0 spiro atoms. The zero-order chi connectivity index (χ0) is 11.1. The van der Waals surface area contributed by atoms with Crippen LogP contribution in [0.4, 0.5) is 4.79 Å². The average molecular weight is 215 g/mol. The van der Waals surface area contributed by atoms with Gasteiger partial charge in [-0.05, 0) is 32.7 Å². The maximum atomic E-state index is 11.1. The van der Waals surface area contributed by atoms with Gasteiger partial charge in [-0.1, -0.05) is 6.92 Å². The van der Waals surface area contributed by atoms with Crippen molar-refractivity contribution in [3.8, 4) is 0 Å². The molecule has 0 amide bonds. The summed E-state index contributed by atoms with van der Waals surface area (Å²) >= 11 is 0. The second-order valence-corrected chi connectivity index (χ2v) is 3.84. The summed E-state index contributed by atoms with van der Waals surface area (Å²) in [6, 6.07) is 0. The van der Waals surface area contributed by atoms with Crippen molar-refractivity contribution in [1.29, 1.82) is 0 Å². The molecular formula is C11H21NO3. The SMILES string of the molecule is CCCN1CCC(OC(=O)OCC)CC1. The number of hydrogen-bond donors (Lipinski definition) is 0. The minimum absolute atomic E-state index is 0.0529. The third kappa shape index (κ3) is 4.51. The lowest BCUT2D eigenvalue weighted by atomic mass is 10.1. The van der Waals surface area contributed by atoms with Crippen LogP contribution in [0.1, 0.15) is 33.1 Å². The van der Waals surface area contributed by atoms with Crippen LogP contribution in [0.2, 0.25) is 0 Å². The van der Waals surface area contributed by atoms with E-state index in [0.29, 0.717) is 6.61 Å². The van der Waals surface area contributed by atoms with Gasteiger partial charge in [0.25, 0.3) is 0 Å². The predicted octanol–water partition coefficient (Wildman–Crippen LogP) is 2.03. The van der Waals surface area contributed by atoms with E-state index in [1.165, 1.54) is 6.42 Å². The number of hydrogen-bond acceptors (Lipinski definition) is 4. The minimum Gasteiger partial charge on any atom is -0.435 e. The highest BCUT2D eigenvalue weighted by atomic mass is 16.7. The molecule has 88 valence electrons. The standard InChI is InChI=1S/C11H21NO3/c1-3-7-12-8-5-10(6-9-12)15-11(13)14-4-2/h10H,3-9H2,1-2H3. The Hall–Kier alpha value is -0.770. The van der Waals surface area contributed by atoms with E-state index in [0.717, 1.165) is 32.5 Å². The molecule has 1 aliphatic heterocycles. The van der Waals surface area contributed by atoms with Crippen molar-refractivity contribution in [3.63, 3.8) is 0 Å². The van der Waals surface area contributed by atoms with E-state index in [1.54, 1.807) is 6.92 Å². The number of carbonyl (C=O) groups excluding carboxylic acids is 1. The van der Waals surface area contributed by atoms with Crippen LogP contribution >= 0.6 is 0 Å². The van der Waals surface area contributed by atoms with E-state index in [-0.39, 0.29) is 6.10 Å². The quantitative estimate of drug-likeness (QED) is 0.673. The Morgan fingerprint density at radius 2 is 2.00 bits per heavy atom. The highest BCUT2D eigenvalue weighted by Gasteiger charge is 2.21. The van der Waals surface area contributed by atoms with Gasteiger partial charge < -0.3 is 14.4 Å². The first kappa shape index (κ1) is 12.3. The van der Waals surface area contributed by atoms with E-state index >= 15 is 0 Å². The summed E-state index contributed by atoms with van der Waals surface area (Å²) in [7, 11) is 0. The number of nitrogens with zero attached hydrogens (tertiary/aromatic N) is 1. The first-order valence-corrected chi connectivity index (χ1v) is 5.82. The van der Waals surface area contributed by atoms with Crippen molar-refractivity contribution in [1.82, 2.24) is 4.90 Å². The molecule has 1 saturated heterocycles. The normalized spacial score (nSPS) is 18.8. The topological polar surface area (TPSA) is 38.8 Å². The average Bonchev–Trinajstić information content (AvgIpc) is 2.22. The van der Waals surface area contributed by atoms with Crippen LogP contribution in [0.5, 0.6) is 0 Å². The van der Waals surface area contributed by atoms with Gasteiger partial charge in [-0.3, -0.25) is 0 Å². The lowest BCUT2D eigenvalue weighted by Gasteiger charge is -2.30. The van der Waals surface area contributed by atoms with Gasteiger partial charge in [-0.15, -0.1) is 0 Å². The van der Waals surface area contributed by atoms with Gasteiger partial charge in [0.15, 0.2) is 0 Å². The number of rotatable bonds is 4. The smallest absolute Gasteiger partial charge is 0.435 e. The van der Waals surface area contributed by atoms with Crippen molar-refractivity contribution >= 4 is 6.16 Å². The Morgan fingerprint density at radius 1 is 1.33 bits per heavy atom. The molecule has 1 fully saturated rings. The first-order chi connectivity index (χ1) is 7.26. The fourth-order valence-corrected chi connectivity index (χ4v) is 1.85. The maximum absolute atomic E-state index is 11.1. The molecule has 15 heavy (non-hydrogen) atoms. The van der Waals surface area contributed by atoms with Crippen molar-refractivity contribution in [2.24, 2.45) is 0 Å². The Bertz CT molecular complexity index is 188. The third-order valence-corrected chi connectivity index (χ3v) is 2.60. The monoisotopic (exact) mass is 215 g/mol. The summed E-state index contributed by atoms with van der Waals surface area (Å²) < 4.78 is 9.91. The van der Waals surface area contributed by atoms with Crippen LogP contribution in [0.25, 0.3) is 0 Å². The van der Waals surface area contributed by atoms with Crippen molar-refractivity contribution in [2.75, 3.05) is 26.2 Å². The molecule has 0 unspecified atom stereocenters. The van der Waals surface area contributed by atoms with Crippen LogP contribution in [0, 0.1) is 0 Å². The van der Waals surface area contributed by atoms with Crippen LogP contribution in [0.3, 0.4) is 0 Å². The minimum atomic E-state index is -0.522. The molecular weight excluding hydrogens is 194 g/mol. The van der Waals surface area contributed by atoms with Crippen molar-refractivity contribution in [2.45, 2.75) is 39.2 Å². The largest absolute Gasteiger partial charge is 0.508 e. The molecule has 4 heteroatoms. The fraction of sp³-hybridized carbons (Fsp3) is 0.909. The van der Waals surface area contributed by atoms with Gasteiger partial charge in [0.2, 0.25) is 0 Å². The van der Waals surface area contributed by atoms with Crippen LogP contribution in [-0.2, 0) is 9.47 Å². The lowest BCUT2D eigenvalue weighted by molar-refractivity contribution is 0.00202. The Morgan fingerprint density at radius 3 is 2.53 bits per heavy atom. The molecule has 0 radical (unpaired) electrons. The van der Waals surface area contributed by atoms with Crippen LogP contribution in [0.15, 0.2) is 0 Å². The molecule has 0 aromatic rings. The van der Waals surface area contributed by atoms with Crippen LogP contribution < -0.4 is 0 Å². The van der Waals surface area contributed by atoms with Gasteiger partial charge in [0.05, 0.1) is 6.61 Å². The zero-order valence-electron chi connectivity index (χ0n) is 9.70. The summed E-state index contributed by atoms with van der Waals surface area (Å²) in [4.78, 5) is 13.5. The molecule has 0 aromatic heterocycles. The first-order valence-electron chi connectivity index (χ1n) is 5.82. The molecule has 1 aliphatic rings. The van der Waals surface area contributed by atoms with Gasteiger partial charge in [0, 0.05) is 13.1 Å². The van der Waals surface area contributed by atoms with E-state index < -0.39 is 6.16 Å².